The van der Waals surface area contributed by atoms with Crippen molar-refractivity contribution in [2.75, 3.05) is 0 Å². The van der Waals surface area contributed by atoms with Gasteiger partial charge in [-0.05, 0) is 0 Å². The first kappa shape index (κ1) is 22.7. The molecule has 2 heterocycles. The monoisotopic (exact) mass is 498 g/mol. The number of pyridine rings is 2. The summed E-state index contributed by atoms with van der Waals surface area (Å²) in [6, 6.07) is 16.9. The van der Waals surface area contributed by atoms with E-state index >= 15 is 0 Å². The van der Waals surface area contributed by atoms with Crippen LogP contribution in [0.1, 0.15) is 23.7 Å². The third-order valence-corrected chi connectivity index (χ3v) is 7.02. The van der Waals surface area contributed by atoms with Crippen LogP contribution in [-0.4, -0.2) is 14.4 Å². The minimum Gasteiger partial charge on any atom is -0.344 e. The summed E-state index contributed by atoms with van der Waals surface area (Å²) in [5.41, 5.74) is 5.55. The molecule has 0 aliphatic heterocycles. The predicted molar refractivity (Wildman–Crippen MR) is 122 cm³/mol. The molecule has 0 bridgehead atoms. The molecule has 0 unspecified atom stereocenters. The maximum absolute atomic E-state index is 4.96. The van der Waals surface area contributed by atoms with Crippen molar-refractivity contribution in [3.8, 4) is 0 Å². The molecule has 2 aromatic carbocycles. The third-order valence-electron chi connectivity index (χ3n) is 4.34. The second kappa shape index (κ2) is 9.25. The van der Waals surface area contributed by atoms with Gasteiger partial charge in [-0.3, -0.25) is 0 Å². The molecule has 0 spiro atoms. The molecule has 0 fully saturated rings. The molecule has 0 amide bonds. The number of fused-ring (bicyclic) bond motifs is 3. The quantitative estimate of drug-likeness (QED) is 0.285. The van der Waals surface area contributed by atoms with Crippen LogP contribution in [0, 0.1) is 13.8 Å². The average molecular weight is 500 g/mol. The number of halogens is 2. The van der Waals surface area contributed by atoms with Crippen LogP contribution in [0.25, 0.3) is 21.8 Å². The molecular weight excluding hydrogens is 477 g/mol. The van der Waals surface area contributed by atoms with E-state index in [4.69, 9.17) is 4.98 Å². The SMILES string of the molecule is C/[C](=[Fe]\[c]1c(C)cc(C)cc1Br)c1ccc2ccc3cccnc3c2n1.Cl.N. The molecule has 6 heteroatoms. The van der Waals surface area contributed by atoms with Gasteiger partial charge in [-0.25, -0.2) is 0 Å². The summed E-state index contributed by atoms with van der Waals surface area (Å²) in [6.07, 6.45) is 1.83. The van der Waals surface area contributed by atoms with Gasteiger partial charge in [0, 0.05) is 0 Å². The Balaban J connectivity index is 0.00000140. The maximum Gasteiger partial charge on any atom is -0.147 e. The summed E-state index contributed by atoms with van der Waals surface area (Å²) < 4.78 is 3.75. The van der Waals surface area contributed by atoms with Gasteiger partial charge in [0.05, 0.1) is 0 Å². The van der Waals surface area contributed by atoms with Crippen LogP contribution >= 0.6 is 28.3 Å². The van der Waals surface area contributed by atoms with Crippen molar-refractivity contribution < 1.29 is 14.5 Å². The molecule has 0 radical (unpaired) electrons. The Morgan fingerprint density at radius 1 is 0.964 bits per heavy atom. The zero-order valence-corrected chi connectivity index (χ0v) is 19.4. The zero-order valence-electron chi connectivity index (χ0n) is 15.9. The second-order valence-corrected chi connectivity index (χ2v) is 8.89. The van der Waals surface area contributed by atoms with E-state index in [0.717, 1.165) is 42.0 Å². The van der Waals surface area contributed by atoms with Crippen molar-refractivity contribution in [1.82, 2.24) is 16.1 Å². The van der Waals surface area contributed by atoms with Gasteiger partial charge in [0.25, 0.3) is 0 Å². The largest absolute Gasteiger partial charge is 0.344 e. The number of rotatable bonds is 2. The number of nitrogens with zero attached hydrogens (tertiary/aromatic N) is 2. The number of benzene rings is 2. The van der Waals surface area contributed by atoms with E-state index in [1.54, 1.807) is 0 Å². The van der Waals surface area contributed by atoms with Crippen molar-refractivity contribution in [3.05, 3.63) is 76.0 Å². The first-order valence-electron chi connectivity index (χ1n) is 8.40. The summed E-state index contributed by atoms with van der Waals surface area (Å²) in [5.74, 6) is 0. The fraction of sp³-hybridized carbons (Fsp3) is 0.136. The van der Waals surface area contributed by atoms with Gasteiger partial charge in [-0.1, -0.05) is 0 Å². The predicted octanol–water partition coefficient (Wildman–Crippen LogP) is 5.69. The van der Waals surface area contributed by atoms with E-state index in [0.29, 0.717) is 0 Å². The normalized spacial score (nSPS) is 11.5. The Bertz CT molecular complexity index is 1170. The molecular formula is C22H22BrClFeN3. The molecule has 0 aliphatic carbocycles. The maximum atomic E-state index is 4.96. The van der Waals surface area contributed by atoms with Crippen molar-refractivity contribution >= 4 is 59.0 Å². The molecule has 3 nitrogen and oxygen atoms in total. The van der Waals surface area contributed by atoms with Gasteiger partial charge in [-0.2, -0.15) is 0 Å². The first-order chi connectivity index (χ1) is 12.5. The summed E-state index contributed by atoms with van der Waals surface area (Å²) >= 11 is 4.61. The summed E-state index contributed by atoms with van der Waals surface area (Å²) in [6.45, 7) is 6.46. The Kier molecular flexibility index (Phi) is 7.49. The summed E-state index contributed by atoms with van der Waals surface area (Å²) in [5, 5.41) is 2.25. The van der Waals surface area contributed by atoms with E-state index < -0.39 is 0 Å². The Morgan fingerprint density at radius 3 is 2.36 bits per heavy atom. The Morgan fingerprint density at radius 2 is 1.64 bits per heavy atom. The third kappa shape index (κ3) is 4.35. The standard InChI is InChI=1S/C14H10N2.C8H8Br.ClH.Fe.H3N/c1-2-12-8-7-11-6-5-10-4-3-9-15-13(10)14(11)16-12;1-6-3-7(2)5-8(9)4-6;;;/h3-9H,1H3;3-4H,1-2H3;1H;;1H3. The topological polar surface area (TPSA) is 60.8 Å². The van der Waals surface area contributed by atoms with Crippen molar-refractivity contribution in [3.63, 3.8) is 0 Å². The molecule has 2 aromatic heterocycles. The van der Waals surface area contributed by atoms with Gasteiger partial charge >= 0.3 is 168 Å². The van der Waals surface area contributed by atoms with Crippen LogP contribution in [0.2, 0.25) is 0 Å². The van der Waals surface area contributed by atoms with Crippen molar-refractivity contribution in [2.24, 2.45) is 0 Å². The average Bonchev–Trinajstić information content (AvgIpc) is 2.64. The van der Waals surface area contributed by atoms with Crippen LogP contribution in [0.4, 0.5) is 0 Å². The van der Waals surface area contributed by atoms with Gasteiger partial charge in [-0.15, -0.1) is 12.4 Å². The number of aryl methyl sites for hydroxylation is 2. The molecule has 147 valence electrons. The fourth-order valence-corrected chi connectivity index (χ4v) is 5.28. The Labute approximate surface area is 185 Å². The smallest absolute Gasteiger partial charge is 0.147 e. The minimum atomic E-state index is 0. The fourth-order valence-electron chi connectivity index (χ4n) is 3.10. The van der Waals surface area contributed by atoms with Crippen LogP contribution in [0.5, 0.6) is 0 Å². The number of aromatic nitrogens is 2. The van der Waals surface area contributed by atoms with E-state index in [1.807, 2.05) is 12.3 Å². The molecule has 0 atom stereocenters. The van der Waals surface area contributed by atoms with Gasteiger partial charge in [0.1, 0.15) is 0 Å². The molecule has 4 aromatic rings. The van der Waals surface area contributed by atoms with E-state index in [-0.39, 0.29) is 18.6 Å². The van der Waals surface area contributed by atoms with Crippen LogP contribution in [0.3, 0.4) is 0 Å². The van der Waals surface area contributed by atoms with E-state index in [1.165, 1.54) is 24.5 Å². The first-order valence-corrected chi connectivity index (χ1v) is 10.3. The van der Waals surface area contributed by atoms with Crippen LogP contribution in [-0.2, 0) is 14.5 Å². The van der Waals surface area contributed by atoms with Gasteiger partial charge in [0.15, 0.2) is 0 Å². The Hall–Kier alpha value is -1.62. The van der Waals surface area contributed by atoms with Gasteiger partial charge < -0.3 is 6.15 Å². The molecule has 4 rings (SSSR count). The van der Waals surface area contributed by atoms with Gasteiger partial charge in [0.2, 0.25) is 0 Å². The summed E-state index contributed by atoms with van der Waals surface area (Å²) in [4.78, 5) is 9.51. The molecule has 0 saturated carbocycles. The number of hydrogen-bond acceptors (Lipinski definition) is 3. The molecule has 28 heavy (non-hydrogen) atoms. The number of hydrogen-bond donors (Lipinski definition) is 1. The molecule has 0 aliphatic rings. The van der Waals surface area contributed by atoms with Crippen molar-refractivity contribution in [2.45, 2.75) is 20.8 Å². The summed E-state index contributed by atoms with van der Waals surface area (Å²) in [7, 11) is 0. The van der Waals surface area contributed by atoms with Crippen LogP contribution < -0.4 is 10.6 Å². The zero-order chi connectivity index (χ0) is 18.3. The second-order valence-electron chi connectivity index (χ2n) is 6.38. The minimum absolute atomic E-state index is 0. The van der Waals surface area contributed by atoms with E-state index in [2.05, 4.69) is 84.1 Å². The molecule has 3 N–H and O–H groups in total. The molecule has 0 saturated heterocycles. The van der Waals surface area contributed by atoms with Crippen molar-refractivity contribution in [1.29, 1.82) is 0 Å². The van der Waals surface area contributed by atoms with Crippen LogP contribution in [0.15, 0.2) is 59.2 Å². The van der Waals surface area contributed by atoms with E-state index in [9.17, 15) is 0 Å².